The van der Waals surface area contributed by atoms with Crippen LogP contribution in [0.3, 0.4) is 0 Å². The number of H-pyrrole nitrogens is 1. The number of nitrogens with one attached hydrogen (secondary N) is 2. The number of carbonyl (C=O) groups is 1. The first kappa shape index (κ1) is 14.8. The number of rotatable bonds is 3. The Morgan fingerprint density at radius 2 is 2.13 bits per heavy atom. The number of aromatic amines is 1. The number of hydrogen-bond donors (Lipinski definition) is 2. The highest BCUT2D eigenvalue weighted by molar-refractivity contribution is 6.13. The van der Waals surface area contributed by atoms with Gasteiger partial charge in [-0.1, -0.05) is 6.07 Å². The van der Waals surface area contributed by atoms with Crippen molar-refractivity contribution in [3.63, 3.8) is 0 Å². The molecule has 0 atom stereocenters. The number of anilines is 1. The normalized spacial score (nSPS) is 10.7. The van der Waals surface area contributed by atoms with Gasteiger partial charge >= 0.3 is 0 Å². The summed E-state index contributed by atoms with van der Waals surface area (Å²) in [5.41, 5.74) is 1.36. The molecule has 0 aliphatic carbocycles. The fourth-order valence-corrected chi connectivity index (χ4v) is 2.43. The van der Waals surface area contributed by atoms with Gasteiger partial charge < -0.3 is 19.5 Å². The average Bonchev–Trinajstić information content (AvgIpc) is 2.85. The molecule has 0 saturated carbocycles. The summed E-state index contributed by atoms with van der Waals surface area (Å²) in [5.74, 6) is 0.401. The van der Waals surface area contributed by atoms with Crippen LogP contribution in [0.4, 0.5) is 5.69 Å². The quantitative estimate of drug-likeness (QED) is 0.774. The van der Waals surface area contributed by atoms with Gasteiger partial charge in [0, 0.05) is 0 Å². The number of carbonyl (C=O) groups excluding carboxylic acids is 1. The van der Waals surface area contributed by atoms with E-state index in [1.165, 1.54) is 13.4 Å². The van der Waals surface area contributed by atoms with Gasteiger partial charge in [-0.25, -0.2) is 4.98 Å². The van der Waals surface area contributed by atoms with Crippen LogP contribution in [-0.2, 0) is 0 Å². The van der Waals surface area contributed by atoms with Crippen molar-refractivity contribution in [1.82, 2.24) is 9.97 Å². The lowest BCUT2D eigenvalue weighted by atomic mass is 10.1. The summed E-state index contributed by atoms with van der Waals surface area (Å²) >= 11 is 0. The van der Waals surface area contributed by atoms with Crippen molar-refractivity contribution in [2.75, 3.05) is 12.4 Å². The van der Waals surface area contributed by atoms with E-state index in [-0.39, 0.29) is 16.7 Å². The van der Waals surface area contributed by atoms with E-state index in [9.17, 15) is 9.59 Å². The second-order valence-electron chi connectivity index (χ2n) is 5.10. The van der Waals surface area contributed by atoms with E-state index < -0.39 is 11.5 Å². The Morgan fingerprint density at radius 1 is 1.35 bits per heavy atom. The highest BCUT2D eigenvalue weighted by atomic mass is 16.5. The van der Waals surface area contributed by atoms with E-state index in [0.29, 0.717) is 17.2 Å². The lowest BCUT2D eigenvalue weighted by Gasteiger charge is -2.10. The number of benzene rings is 1. The molecule has 1 aromatic carbocycles. The summed E-state index contributed by atoms with van der Waals surface area (Å²) in [4.78, 5) is 31.0. The van der Waals surface area contributed by atoms with Gasteiger partial charge in [0.05, 0.1) is 24.7 Å². The van der Waals surface area contributed by atoms with Crippen LogP contribution in [0, 0.1) is 13.8 Å². The highest BCUT2D eigenvalue weighted by Gasteiger charge is 2.22. The molecule has 0 unspecified atom stereocenters. The number of ether oxygens (including phenoxy) is 1. The zero-order valence-electron chi connectivity index (χ0n) is 12.9. The summed E-state index contributed by atoms with van der Waals surface area (Å²) in [6, 6.07) is 5.43. The zero-order chi connectivity index (χ0) is 16.6. The Morgan fingerprint density at radius 3 is 2.87 bits per heavy atom. The van der Waals surface area contributed by atoms with E-state index in [1.54, 1.807) is 19.1 Å². The first-order valence-corrected chi connectivity index (χ1v) is 6.94. The van der Waals surface area contributed by atoms with Crippen LogP contribution in [-0.4, -0.2) is 23.0 Å². The monoisotopic (exact) mass is 313 g/mol. The Bertz CT molecular complexity index is 956. The number of aromatic nitrogens is 2. The van der Waals surface area contributed by atoms with Gasteiger partial charge in [-0.15, -0.1) is 0 Å². The van der Waals surface area contributed by atoms with Gasteiger partial charge in [0.1, 0.15) is 16.9 Å². The molecule has 118 valence electrons. The molecule has 0 aliphatic rings. The molecule has 2 heterocycles. The van der Waals surface area contributed by atoms with Gasteiger partial charge in [-0.2, -0.15) is 0 Å². The number of furan rings is 1. The van der Waals surface area contributed by atoms with Gasteiger partial charge in [0.25, 0.3) is 11.5 Å². The van der Waals surface area contributed by atoms with Crippen molar-refractivity contribution in [2.45, 2.75) is 13.8 Å². The minimum atomic E-state index is -0.455. The molecular weight excluding hydrogens is 298 g/mol. The van der Waals surface area contributed by atoms with E-state index in [0.717, 1.165) is 5.56 Å². The maximum Gasteiger partial charge on any atom is 0.262 e. The summed E-state index contributed by atoms with van der Waals surface area (Å²) in [7, 11) is 1.52. The Kier molecular flexibility index (Phi) is 3.61. The van der Waals surface area contributed by atoms with Crippen LogP contribution in [0.2, 0.25) is 0 Å². The maximum atomic E-state index is 12.6. The molecule has 0 fully saturated rings. The van der Waals surface area contributed by atoms with Crippen LogP contribution in [0.1, 0.15) is 21.7 Å². The number of hydrogen-bond acceptors (Lipinski definition) is 5. The van der Waals surface area contributed by atoms with Crippen LogP contribution in [0.15, 0.2) is 33.7 Å². The molecule has 0 aliphatic heterocycles. The van der Waals surface area contributed by atoms with Crippen LogP contribution >= 0.6 is 0 Å². The van der Waals surface area contributed by atoms with Gasteiger partial charge in [-0.05, 0) is 31.5 Å². The van der Waals surface area contributed by atoms with Crippen molar-refractivity contribution in [3.05, 3.63) is 51.8 Å². The summed E-state index contributed by atoms with van der Waals surface area (Å²) in [6.07, 6.45) is 1.23. The minimum Gasteiger partial charge on any atom is -0.495 e. The fourth-order valence-electron chi connectivity index (χ4n) is 2.43. The smallest absolute Gasteiger partial charge is 0.262 e. The molecule has 3 rings (SSSR count). The third kappa shape index (κ3) is 2.57. The predicted octanol–water partition coefficient (Wildman–Crippen LogP) is 2.39. The van der Waals surface area contributed by atoms with Crippen LogP contribution in [0.25, 0.3) is 11.1 Å². The zero-order valence-corrected chi connectivity index (χ0v) is 12.9. The van der Waals surface area contributed by atoms with Gasteiger partial charge in [0.15, 0.2) is 0 Å². The van der Waals surface area contributed by atoms with E-state index in [1.807, 2.05) is 13.0 Å². The SMILES string of the molecule is COc1ccc(C)cc1NC(=O)c1c(C)oc2nc[nH]c(=O)c12. The minimum absolute atomic E-state index is 0.132. The molecule has 3 aromatic rings. The third-order valence-corrected chi connectivity index (χ3v) is 3.50. The summed E-state index contributed by atoms with van der Waals surface area (Å²) < 4.78 is 10.6. The van der Waals surface area contributed by atoms with Crippen molar-refractivity contribution >= 4 is 22.7 Å². The van der Waals surface area contributed by atoms with Crippen LogP contribution in [0.5, 0.6) is 5.75 Å². The first-order chi connectivity index (χ1) is 11.0. The van der Waals surface area contributed by atoms with Gasteiger partial charge in [-0.3, -0.25) is 9.59 Å². The number of methoxy groups -OCH3 is 1. The Balaban J connectivity index is 2.07. The number of amides is 1. The van der Waals surface area contributed by atoms with Crippen molar-refractivity contribution in [1.29, 1.82) is 0 Å². The standard InChI is InChI=1S/C16H15N3O4/c1-8-4-5-11(22-3)10(6-8)19-15(21)12-9(2)23-16-13(12)14(20)17-7-18-16/h4-7H,1-3H3,(H,19,21)(H,17,18,20). The van der Waals surface area contributed by atoms with Crippen LogP contribution < -0.4 is 15.6 Å². The Labute approximate surface area is 131 Å². The molecule has 0 saturated heterocycles. The maximum absolute atomic E-state index is 12.6. The topological polar surface area (TPSA) is 97.2 Å². The largest absolute Gasteiger partial charge is 0.495 e. The lowest BCUT2D eigenvalue weighted by molar-refractivity contribution is 0.102. The summed E-state index contributed by atoms with van der Waals surface area (Å²) in [6.45, 7) is 3.52. The van der Waals surface area contributed by atoms with Crippen molar-refractivity contribution in [2.24, 2.45) is 0 Å². The first-order valence-electron chi connectivity index (χ1n) is 6.94. The molecule has 2 aromatic heterocycles. The number of nitrogens with zero attached hydrogens (tertiary/aromatic N) is 1. The molecule has 0 spiro atoms. The number of aryl methyl sites for hydroxylation is 2. The second kappa shape index (κ2) is 5.60. The average molecular weight is 313 g/mol. The predicted molar refractivity (Wildman–Crippen MR) is 85.1 cm³/mol. The molecule has 0 bridgehead atoms. The number of fused-ring (bicyclic) bond motifs is 1. The molecule has 2 N–H and O–H groups in total. The molecule has 0 radical (unpaired) electrons. The Hall–Kier alpha value is -3.09. The van der Waals surface area contributed by atoms with Crippen molar-refractivity contribution in [3.8, 4) is 5.75 Å². The van der Waals surface area contributed by atoms with E-state index in [4.69, 9.17) is 9.15 Å². The molecular formula is C16H15N3O4. The van der Waals surface area contributed by atoms with Crippen molar-refractivity contribution < 1.29 is 13.9 Å². The highest BCUT2D eigenvalue weighted by Crippen LogP contribution is 2.27. The summed E-state index contributed by atoms with van der Waals surface area (Å²) in [5, 5.41) is 2.89. The third-order valence-electron chi connectivity index (χ3n) is 3.50. The second-order valence-corrected chi connectivity index (χ2v) is 5.10. The van der Waals surface area contributed by atoms with Gasteiger partial charge in [0.2, 0.25) is 5.71 Å². The van der Waals surface area contributed by atoms with E-state index >= 15 is 0 Å². The molecule has 23 heavy (non-hydrogen) atoms. The fraction of sp³-hybridized carbons (Fsp3) is 0.188. The molecule has 1 amide bonds. The molecule has 7 nitrogen and oxygen atoms in total. The lowest BCUT2D eigenvalue weighted by Crippen LogP contribution is -2.16. The van der Waals surface area contributed by atoms with E-state index in [2.05, 4.69) is 15.3 Å². The molecule has 7 heteroatoms.